The fourth-order valence-corrected chi connectivity index (χ4v) is 1.94. The van der Waals surface area contributed by atoms with Gasteiger partial charge in [-0.15, -0.1) is 6.58 Å². The van der Waals surface area contributed by atoms with Crippen LogP contribution in [0.25, 0.3) is 10.9 Å². The van der Waals surface area contributed by atoms with Gasteiger partial charge in [-0.05, 0) is 18.6 Å². The highest BCUT2D eigenvalue weighted by Crippen LogP contribution is 2.20. The molecule has 21 heavy (non-hydrogen) atoms. The Bertz CT molecular complexity index is 712. The van der Waals surface area contributed by atoms with Crippen LogP contribution in [0.3, 0.4) is 0 Å². The standard InChI is InChI=1S/C15H15N3O3/c1-2-5-12(15(20)21)18-14(19)13-8-10(16)9-6-3-4-7-11(9)17-13/h2-4,6-8,12H,1,5H2,(H2,16,17)(H,18,19)(H,20,21). The first-order chi connectivity index (χ1) is 10.0. The summed E-state index contributed by atoms with van der Waals surface area (Å²) in [4.78, 5) is 27.3. The number of nitrogens with zero attached hydrogens (tertiary/aromatic N) is 1. The fourth-order valence-electron chi connectivity index (χ4n) is 1.94. The third-order valence-corrected chi connectivity index (χ3v) is 2.99. The summed E-state index contributed by atoms with van der Waals surface area (Å²) in [7, 11) is 0. The topological polar surface area (TPSA) is 105 Å². The molecule has 1 amide bonds. The second-order valence-electron chi connectivity index (χ2n) is 4.50. The number of carboxylic acid groups (broad SMARTS) is 1. The number of nitrogens with one attached hydrogen (secondary N) is 1. The van der Waals surface area contributed by atoms with Gasteiger partial charge in [0, 0.05) is 11.1 Å². The largest absolute Gasteiger partial charge is 0.480 e. The average molecular weight is 285 g/mol. The predicted molar refractivity (Wildman–Crippen MR) is 79.9 cm³/mol. The van der Waals surface area contributed by atoms with E-state index in [1.807, 2.05) is 6.07 Å². The molecular weight excluding hydrogens is 270 g/mol. The summed E-state index contributed by atoms with van der Waals surface area (Å²) >= 11 is 0. The molecule has 4 N–H and O–H groups in total. The molecule has 1 aromatic heterocycles. The number of carboxylic acids is 1. The van der Waals surface area contributed by atoms with Crippen molar-refractivity contribution in [1.82, 2.24) is 10.3 Å². The number of nitrogens with two attached hydrogens (primary N) is 1. The second kappa shape index (κ2) is 6.04. The molecule has 108 valence electrons. The Morgan fingerprint density at radius 2 is 2.14 bits per heavy atom. The van der Waals surface area contributed by atoms with Crippen LogP contribution in [0.5, 0.6) is 0 Å². The number of carbonyl (C=O) groups is 2. The summed E-state index contributed by atoms with van der Waals surface area (Å²) in [6.45, 7) is 3.47. The van der Waals surface area contributed by atoms with Gasteiger partial charge in [-0.25, -0.2) is 9.78 Å². The van der Waals surface area contributed by atoms with E-state index in [2.05, 4.69) is 16.9 Å². The zero-order valence-electron chi connectivity index (χ0n) is 11.2. The Morgan fingerprint density at radius 1 is 1.43 bits per heavy atom. The lowest BCUT2D eigenvalue weighted by atomic mass is 10.1. The SMILES string of the molecule is C=CCC(NC(=O)c1cc(N)c2ccccc2n1)C(=O)O. The number of aliphatic carboxylic acids is 1. The lowest BCUT2D eigenvalue weighted by Crippen LogP contribution is -2.40. The maximum absolute atomic E-state index is 12.1. The first kappa shape index (κ1) is 14.5. The van der Waals surface area contributed by atoms with Crippen LogP contribution < -0.4 is 11.1 Å². The quantitative estimate of drug-likeness (QED) is 0.723. The third kappa shape index (κ3) is 3.17. The van der Waals surface area contributed by atoms with Crippen molar-refractivity contribution in [2.45, 2.75) is 12.5 Å². The van der Waals surface area contributed by atoms with Crippen molar-refractivity contribution < 1.29 is 14.7 Å². The third-order valence-electron chi connectivity index (χ3n) is 2.99. The Hall–Kier alpha value is -2.89. The Labute approximate surface area is 121 Å². The highest BCUT2D eigenvalue weighted by molar-refractivity contribution is 6.00. The number of pyridine rings is 1. The lowest BCUT2D eigenvalue weighted by Gasteiger charge is -2.13. The molecule has 0 bridgehead atoms. The minimum atomic E-state index is -1.13. The zero-order valence-corrected chi connectivity index (χ0v) is 11.2. The van der Waals surface area contributed by atoms with E-state index in [1.54, 1.807) is 18.2 Å². The van der Waals surface area contributed by atoms with Gasteiger partial charge in [-0.1, -0.05) is 24.3 Å². The molecule has 0 aliphatic heterocycles. The maximum Gasteiger partial charge on any atom is 0.326 e. The molecule has 2 aromatic rings. The molecule has 6 nitrogen and oxygen atoms in total. The first-order valence-electron chi connectivity index (χ1n) is 6.32. The number of fused-ring (bicyclic) bond motifs is 1. The lowest BCUT2D eigenvalue weighted by molar-refractivity contribution is -0.139. The van der Waals surface area contributed by atoms with Crippen molar-refractivity contribution in [3.63, 3.8) is 0 Å². The van der Waals surface area contributed by atoms with Gasteiger partial charge in [0.2, 0.25) is 0 Å². The summed E-state index contributed by atoms with van der Waals surface area (Å²) in [6, 6.07) is 7.55. The molecule has 6 heteroatoms. The predicted octanol–water partition coefficient (Wildman–Crippen LogP) is 1.58. The molecule has 2 rings (SSSR count). The molecule has 1 atom stereocenters. The number of anilines is 1. The van der Waals surface area contributed by atoms with Crippen molar-refractivity contribution in [3.05, 3.63) is 48.7 Å². The number of hydrogen-bond acceptors (Lipinski definition) is 4. The summed E-state index contributed by atoms with van der Waals surface area (Å²) < 4.78 is 0. The van der Waals surface area contributed by atoms with Crippen LogP contribution in [-0.2, 0) is 4.79 Å². The van der Waals surface area contributed by atoms with E-state index in [0.717, 1.165) is 5.39 Å². The van der Waals surface area contributed by atoms with E-state index >= 15 is 0 Å². The summed E-state index contributed by atoms with van der Waals surface area (Å²) in [6.07, 6.45) is 1.56. The minimum Gasteiger partial charge on any atom is -0.480 e. The number of nitrogen functional groups attached to an aromatic ring is 1. The van der Waals surface area contributed by atoms with Crippen molar-refractivity contribution in [1.29, 1.82) is 0 Å². The van der Waals surface area contributed by atoms with Gasteiger partial charge in [0.25, 0.3) is 5.91 Å². The van der Waals surface area contributed by atoms with E-state index in [4.69, 9.17) is 10.8 Å². The zero-order chi connectivity index (χ0) is 15.4. The molecule has 0 aliphatic carbocycles. The van der Waals surface area contributed by atoms with Crippen molar-refractivity contribution in [3.8, 4) is 0 Å². The molecule has 0 fully saturated rings. The van der Waals surface area contributed by atoms with Gasteiger partial charge in [-0.2, -0.15) is 0 Å². The van der Waals surface area contributed by atoms with E-state index in [9.17, 15) is 9.59 Å². The summed E-state index contributed by atoms with van der Waals surface area (Å²) in [5.74, 6) is -1.71. The normalized spacial score (nSPS) is 11.8. The number of amides is 1. The van der Waals surface area contributed by atoms with Crippen LogP contribution in [-0.4, -0.2) is 28.0 Å². The van der Waals surface area contributed by atoms with Crippen LogP contribution in [0, 0.1) is 0 Å². The number of aromatic nitrogens is 1. The van der Waals surface area contributed by atoms with Crippen LogP contribution in [0.15, 0.2) is 43.0 Å². The maximum atomic E-state index is 12.1. The molecule has 0 saturated carbocycles. The fraction of sp³-hybridized carbons (Fsp3) is 0.133. The second-order valence-corrected chi connectivity index (χ2v) is 4.50. The van der Waals surface area contributed by atoms with E-state index in [1.165, 1.54) is 12.1 Å². The number of hydrogen-bond donors (Lipinski definition) is 3. The van der Waals surface area contributed by atoms with Crippen molar-refractivity contribution in [2.24, 2.45) is 0 Å². The number of rotatable bonds is 5. The van der Waals surface area contributed by atoms with Gasteiger partial charge in [0.05, 0.1) is 5.52 Å². The van der Waals surface area contributed by atoms with E-state index < -0.39 is 17.9 Å². The number of carbonyl (C=O) groups excluding carboxylic acids is 1. The monoisotopic (exact) mass is 285 g/mol. The first-order valence-corrected chi connectivity index (χ1v) is 6.32. The number of benzene rings is 1. The van der Waals surface area contributed by atoms with E-state index in [-0.39, 0.29) is 12.1 Å². The Kier molecular flexibility index (Phi) is 4.18. The van der Waals surface area contributed by atoms with Gasteiger partial charge >= 0.3 is 5.97 Å². The summed E-state index contributed by atoms with van der Waals surface area (Å²) in [5.41, 5.74) is 6.98. The molecule has 1 unspecified atom stereocenters. The smallest absolute Gasteiger partial charge is 0.326 e. The van der Waals surface area contributed by atoms with E-state index in [0.29, 0.717) is 11.2 Å². The van der Waals surface area contributed by atoms with Crippen molar-refractivity contribution >= 4 is 28.5 Å². The van der Waals surface area contributed by atoms with Gasteiger partial charge in [0.15, 0.2) is 0 Å². The van der Waals surface area contributed by atoms with Crippen molar-refractivity contribution in [2.75, 3.05) is 5.73 Å². The van der Waals surface area contributed by atoms with Crippen LogP contribution in [0.2, 0.25) is 0 Å². The van der Waals surface area contributed by atoms with Crippen LogP contribution in [0.1, 0.15) is 16.9 Å². The average Bonchev–Trinajstić information content (AvgIpc) is 2.46. The van der Waals surface area contributed by atoms with Gasteiger partial charge in [0.1, 0.15) is 11.7 Å². The Morgan fingerprint density at radius 3 is 2.81 bits per heavy atom. The highest BCUT2D eigenvalue weighted by atomic mass is 16.4. The van der Waals surface area contributed by atoms with Crippen LogP contribution in [0.4, 0.5) is 5.69 Å². The number of para-hydroxylation sites is 1. The van der Waals surface area contributed by atoms with Crippen LogP contribution >= 0.6 is 0 Å². The Balaban J connectivity index is 2.31. The molecular formula is C15H15N3O3. The molecule has 0 saturated heterocycles. The van der Waals surface area contributed by atoms with Gasteiger partial charge < -0.3 is 16.2 Å². The molecule has 0 radical (unpaired) electrons. The molecule has 1 aromatic carbocycles. The molecule has 0 aliphatic rings. The van der Waals surface area contributed by atoms with Gasteiger partial charge in [-0.3, -0.25) is 4.79 Å². The summed E-state index contributed by atoms with van der Waals surface area (Å²) in [5, 5.41) is 12.2. The minimum absolute atomic E-state index is 0.0847. The molecule has 0 spiro atoms. The molecule has 1 heterocycles. The highest BCUT2D eigenvalue weighted by Gasteiger charge is 2.20.